The third-order valence-corrected chi connectivity index (χ3v) is 2.71. The molecule has 0 aliphatic rings. The predicted octanol–water partition coefficient (Wildman–Crippen LogP) is 4.70. The molecule has 0 amide bonds. The highest BCUT2D eigenvalue weighted by atomic mass is 14.0. The fourth-order valence-corrected chi connectivity index (χ4v) is 1.79. The third-order valence-electron chi connectivity index (χ3n) is 2.71. The van der Waals surface area contributed by atoms with Crippen LogP contribution < -0.4 is 0 Å². The molecule has 0 aliphatic heterocycles. The van der Waals surface area contributed by atoms with E-state index in [2.05, 4.69) is 62.0 Å². The molecule has 0 atom stereocenters. The minimum atomic E-state index is 1.11. The normalized spacial score (nSPS) is 10.1. The molecule has 0 saturated heterocycles. The summed E-state index contributed by atoms with van der Waals surface area (Å²) in [4.78, 5) is 0. The van der Waals surface area contributed by atoms with Gasteiger partial charge in [0.1, 0.15) is 0 Å². The van der Waals surface area contributed by atoms with Crippen LogP contribution in [0.5, 0.6) is 0 Å². The molecular formula is C16H16. The number of rotatable bonds is 2. The molecule has 0 unspecified atom stereocenters. The van der Waals surface area contributed by atoms with Gasteiger partial charge in [-0.25, -0.2) is 0 Å². The minimum Gasteiger partial charge on any atom is -0.0955 e. The van der Waals surface area contributed by atoms with Crippen LogP contribution >= 0.6 is 0 Å². The molecule has 0 heteroatoms. The Kier molecular flexibility index (Phi) is 2.91. The van der Waals surface area contributed by atoms with Crippen LogP contribution in [0.1, 0.15) is 18.1 Å². The molecule has 0 spiro atoms. The van der Waals surface area contributed by atoms with Gasteiger partial charge in [-0.05, 0) is 36.6 Å². The number of hydrogen-bond acceptors (Lipinski definition) is 0. The number of allylic oxidation sites excluding steroid dienone is 1. The van der Waals surface area contributed by atoms with Crippen molar-refractivity contribution in [1.29, 1.82) is 0 Å². The lowest BCUT2D eigenvalue weighted by atomic mass is 9.99. The SMILES string of the molecule is C=C(C)c1cccc(-c2cccc(C)c2)c1. The largest absolute Gasteiger partial charge is 0.0955 e. The number of hydrogen-bond donors (Lipinski definition) is 0. The number of aryl methyl sites for hydroxylation is 1. The molecule has 0 bridgehead atoms. The van der Waals surface area contributed by atoms with Gasteiger partial charge >= 0.3 is 0 Å². The molecule has 0 aromatic heterocycles. The van der Waals surface area contributed by atoms with Crippen LogP contribution in [-0.2, 0) is 0 Å². The molecule has 2 aromatic rings. The lowest BCUT2D eigenvalue weighted by Gasteiger charge is -2.06. The fraction of sp³-hybridized carbons (Fsp3) is 0.125. The van der Waals surface area contributed by atoms with Gasteiger partial charge in [0.15, 0.2) is 0 Å². The predicted molar refractivity (Wildman–Crippen MR) is 71.3 cm³/mol. The summed E-state index contributed by atoms with van der Waals surface area (Å²) < 4.78 is 0. The molecule has 2 rings (SSSR count). The molecule has 0 nitrogen and oxygen atoms in total. The summed E-state index contributed by atoms with van der Waals surface area (Å²) in [5, 5.41) is 0. The Morgan fingerprint density at radius 3 is 2.19 bits per heavy atom. The van der Waals surface area contributed by atoms with E-state index in [9.17, 15) is 0 Å². The summed E-state index contributed by atoms with van der Waals surface area (Å²) in [6.07, 6.45) is 0. The lowest BCUT2D eigenvalue weighted by Crippen LogP contribution is -1.82. The van der Waals surface area contributed by atoms with Crippen molar-refractivity contribution in [2.45, 2.75) is 13.8 Å². The van der Waals surface area contributed by atoms with E-state index in [1.165, 1.54) is 22.3 Å². The second-order valence-electron chi connectivity index (χ2n) is 4.23. The van der Waals surface area contributed by atoms with Crippen molar-refractivity contribution in [3.63, 3.8) is 0 Å². The zero-order valence-corrected chi connectivity index (χ0v) is 9.83. The monoisotopic (exact) mass is 208 g/mol. The van der Waals surface area contributed by atoms with Crippen molar-refractivity contribution < 1.29 is 0 Å². The maximum atomic E-state index is 3.98. The van der Waals surface area contributed by atoms with Crippen LogP contribution in [0, 0.1) is 6.92 Å². The summed E-state index contributed by atoms with van der Waals surface area (Å²) in [6.45, 7) is 8.13. The molecule has 0 N–H and O–H groups in total. The van der Waals surface area contributed by atoms with E-state index in [1.807, 2.05) is 6.92 Å². The van der Waals surface area contributed by atoms with Crippen molar-refractivity contribution in [2.24, 2.45) is 0 Å². The zero-order chi connectivity index (χ0) is 11.5. The van der Waals surface area contributed by atoms with Gasteiger partial charge in [-0.15, -0.1) is 0 Å². The van der Waals surface area contributed by atoms with Crippen molar-refractivity contribution in [3.05, 3.63) is 66.2 Å². The van der Waals surface area contributed by atoms with Gasteiger partial charge in [-0.3, -0.25) is 0 Å². The van der Waals surface area contributed by atoms with E-state index in [1.54, 1.807) is 0 Å². The van der Waals surface area contributed by atoms with Crippen LogP contribution in [0.3, 0.4) is 0 Å². The minimum absolute atomic E-state index is 1.11. The third kappa shape index (κ3) is 2.22. The van der Waals surface area contributed by atoms with Crippen molar-refractivity contribution >= 4 is 5.57 Å². The zero-order valence-electron chi connectivity index (χ0n) is 9.83. The van der Waals surface area contributed by atoms with E-state index >= 15 is 0 Å². The highest BCUT2D eigenvalue weighted by Crippen LogP contribution is 2.23. The van der Waals surface area contributed by atoms with Crippen LogP contribution in [-0.4, -0.2) is 0 Å². The van der Waals surface area contributed by atoms with Crippen molar-refractivity contribution in [2.75, 3.05) is 0 Å². The molecule has 2 aromatic carbocycles. The van der Waals surface area contributed by atoms with Crippen LogP contribution in [0.2, 0.25) is 0 Å². The van der Waals surface area contributed by atoms with E-state index < -0.39 is 0 Å². The smallest absolute Gasteiger partial charge is 0.0178 e. The molecule has 16 heavy (non-hydrogen) atoms. The first-order valence-corrected chi connectivity index (χ1v) is 5.50. The van der Waals surface area contributed by atoms with Gasteiger partial charge in [0.05, 0.1) is 0 Å². The van der Waals surface area contributed by atoms with E-state index in [0.29, 0.717) is 0 Å². The average molecular weight is 208 g/mol. The van der Waals surface area contributed by atoms with Crippen LogP contribution in [0.25, 0.3) is 16.7 Å². The summed E-state index contributed by atoms with van der Waals surface area (Å²) >= 11 is 0. The molecule has 80 valence electrons. The van der Waals surface area contributed by atoms with Gasteiger partial charge < -0.3 is 0 Å². The molecule has 0 heterocycles. The topological polar surface area (TPSA) is 0 Å². The summed E-state index contributed by atoms with van der Waals surface area (Å²) in [6, 6.07) is 17.1. The Balaban J connectivity index is 2.48. The van der Waals surface area contributed by atoms with Crippen molar-refractivity contribution in [3.8, 4) is 11.1 Å². The van der Waals surface area contributed by atoms with E-state index in [4.69, 9.17) is 0 Å². The first-order valence-electron chi connectivity index (χ1n) is 5.50. The van der Waals surface area contributed by atoms with Gasteiger partial charge in [-0.2, -0.15) is 0 Å². The summed E-state index contributed by atoms with van der Waals surface area (Å²) in [5.74, 6) is 0. The van der Waals surface area contributed by atoms with Gasteiger partial charge in [0.25, 0.3) is 0 Å². The Morgan fingerprint density at radius 1 is 0.938 bits per heavy atom. The van der Waals surface area contributed by atoms with Crippen LogP contribution in [0.4, 0.5) is 0 Å². The average Bonchev–Trinajstić information content (AvgIpc) is 2.29. The highest BCUT2D eigenvalue weighted by Gasteiger charge is 1.99. The van der Waals surface area contributed by atoms with Crippen LogP contribution in [0.15, 0.2) is 55.1 Å². The first-order chi connectivity index (χ1) is 7.66. The summed E-state index contributed by atoms with van der Waals surface area (Å²) in [7, 11) is 0. The Bertz CT molecular complexity index is 521. The standard InChI is InChI=1S/C16H16/c1-12(2)14-7-5-9-16(11-14)15-8-4-6-13(3)10-15/h4-11H,1H2,2-3H3. The van der Waals surface area contributed by atoms with Crippen molar-refractivity contribution in [1.82, 2.24) is 0 Å². The molecule has 0 aliphatic carbocycles. The Labute approximate surface area is 97.3 Å². The van der Waals surface area contributed by atoms with E-state index in [0.717, 1.165) is 5.57 Å². The molecule has 0 fully saturated rings. The maximum Gasteiger partial charge on any atom is -0.0178 e. The fourth-order valence-electron chi connectivity index (χ4n) is 1.79. The Morgan fingerprint density at radius 2 is 1.56 bits per heavy atom. The molecule has 0 saturated carbocycles. The first kappa shape index (κ1) is 10.7. The summed E-state index contributed by atoms with van der Waals surface area (Å²) in [5.41, 5.74) is 6.12. The van der Waals surface area contributed by atoms with Gasteiger partial charge in [0.2, 0.25) is 0 Å². The second kappa shape index (κ2) is 4.36. The molecule has 0 radical (unpaired) electrons. The van der Waals surface area contributed by atoms with Gasteiger partial charge in [0, 0.05) is 0 Å². The Hall–Kier alpha value is -1.82. The highest BCUT2D eigenvalue weighted by molar-refractivity contribution is 5.71. The lowest BCUT2D eigenvalue weighted by molar-refractivity contribution is 1.46. The van der Waals surface area contributed by atoms with E-state index in [-0.39, 0.29) is 0 Å². The molecular weight excluding hydrogens is 192 g/mol. The van der Waals surface area contributed by atoms with Gasteiger partial charge in [-0.1, -0.05) is 60.2 Å². The quantitative estimate of drug-likeness (QED) is 0.671. The maximum absolute atomic E-state index is 3.98. The number of benzene rings is 2. The second-order valence-corrected chi connectivity index (χ2v) is 4.23.